The molecule has 0 radical (unpaired) electrons. The summed E-state index contributed by atoms with van der Waals surface area (Å²) in [4.78, 5) is 0. The quantitative estimate of drug-likeness (QED) is 0.442. The fourth-order valence-corrected chi connectivity index (χ4v) is 9.71. The van der Waals surface area contributed by atoms with Gasteiger partial charge < -0.3 is 0 Å². The van der Waals surface area contributed by atoms with Gasteiger partial charge in [0.05, 0.1) is 0 Å². The van der Waals surface area contributed by atoms with E-state index < -0.39 is 0 Å². The van der Waals surface area contributed by atoms with Gasteiger partial charge >= 0.3 is 0 Å². The number of rotatable bonds is 5. The van der Waals surface area contributed by atoms with Crippen LogP contribution in [0.3, 0.4) is 0 Å². The molecule has 162 valence electrons. The maximum atomic E-state index is 2.77. The smallest absolute Gasteiger partial charge is 0.0238 e. The van der Waals surface area contributed by atoms with E-state index in [0.29, 0.717) is 16.2 Å². The van der Waals surface area contributed by atoms with Gasteiger partial charge in [-0.05, 0) is 103 Å². The second-order valence-corrected chi connectivity index (χ2v) is 13.1. The average molecular weight is 387 g/mol. The Morgan fingerprint density at radius 1 is 0.714 bits per heavy atom. The van der Waals surface area contributed by atoms with Gasteiger partial charge in [-0.3, -0.25) is 0 Å². The van der Waals surface area contributed by atoms with Crippen molar-refractivity contribution in [1.29, 1.82) is 0 Å². The molecule has 0 N–H and O–H groups in total. The Balaban J connectivity index is 1.52. The molecule has 0 unspecified atom stereocenters. The largest absolute Gasteiger partial charge is 0.0628 e. The number of hydrogen-bond donors (Lipinski definition) is 0. The van der Waals surface area contributed by atoms with E-state index in [4.69, 9.17) is 0 Å². The van der Waals surface area contributed by atoms with E-state index in [-0.39, 0.29) is 0 Å². The molecule has 28 heavy (non-hydrogen) atoms. The van der Waals surface area contributed by atoms with Gasteiger partial charge in [0.2, 0.25) is 0 Å². The third-order valence-corrected chi connectivity index (χ3v) is 11.6. The van der Waals surface area contributed by atoms with Gasteiger partial charge in [-0.15, -0.1) is 0 Å². The van der Waals surface area contributed by atoms with Gasteiger partial charge in [0.15, 0.2) is 0 Å². The van der Waals surface area contributed by atoms with Crippen molar-refractivity contribution in [3.63, 3.8) is 0 Å². The SMILES string of the molecule is CC(C)CCC[C@@H](C)[C@H]1CC[C@@]2(C)[C@@H]3CC[C@H]4CCCC[C@]4(C)[C@H]3CC[C@]12C. The van der Waals surface area contributed by atoms with Gasteiger partial charge in [-0.1, -0.05) is 73.6 Å². The molecule has 0 bridgehead atoms. The van der Waals surface area contributed by atoms with E-state index in [1.165, 1.54) is 51.4 Å². The van der Waals surface area contributed by atoms with Gasteiger partial charge in [0, 0.05) is 0 Å². The third kappa shape index (κ3) is 3.13. The van der Waals surface area contributed by atoms with Crippen LogP contribution in [0.25, 0.3) is 0 Å². The standard InChI is InChI=1S/C28H50/c1-20(2)10-9-11-21(3)23-15-18-28(6)25-14-13-22-12-7-8-17-26(22,4)24(25)16-19-27(23,28)5/h20-25H,7-19H2,1-6H3/t21-,22-,23-,24+,25-,26+,27-,28+/m1/s1. The van der Waals surface area contributed by atoms with Crippen LogP contribution < -0.4 is 0 Å². The summed E-state index contributed by atoms with van der Waals surface area (Å²) in [5.41, 5.74) is 1.92. The molecule has 0 aromatic heterocycles. The van der Waals surface area contributed by atoms with Crippen molar-refractivity contribution in [3.05, 3.63) is 0 Å². The van der Waals surface area contributed by atoms with Crippen molar-refractivity contribution in [2.24, 2.45) is 51.8 Å². The summed E-state index contributed by atoms with van der Waals surface area (Å²) in [6.07, 6.45) is 19.7. The van der Waals surface area contributed by atoms with Crippen molar-refractivity contribution >= 4 is 0 Å². The molecule has 0 nitrogen and oxygen atoms in total. The molecule has 0 heteroatoms. The molecule has 4 fully saturated rings. The van der Waals surface area contributed by atoms with E-state index >= 15 is 0 Å². The Morgan fingerprint density at radius 2 is 1.46 bits per heavy atom. The maximum Gasteiger partial charge on any atom is -0.0238 e. The summed E-state index contributed by atoms with van der Waals surface area (Å²) in [6, 6.07) is 0. The Bertz CT molecular complexity index is 548. The van der Waals surface area contributed by atoms with Gasteiger partial charge in [0.25, 0.3) is 0 Å². The fraction of sp³-hybridized carbons (Fsp3) is 1.00. The normalized spacial score (nSPS) is 49.4. The van der Waals surface area contributed by atoms with E-state index in [2.05, 4.69) is 41.5 Å². The summed E-state index contributed by atoms with van der Waals surface area (Å²) >= 11 is 0. The van der Waals surface area contributed by atoms with Crippen molar-refractivity contribution in [2.45, 2.75) is 125 Å². The highest BCUT2D eigenvalue weighted by atomic mass is 14.7. The predicted octanol–water partition coefficient (Wildman–Crippen LogP) is 8.89. The summed E-state index contributed by atoms with van der Waals surface area (Å²) in [5, 5.41) is 0. The van der Waals surface area contributed by atoms with Crippen LogP contribution in [0.1, 0.15) is 125 Å². The molecule has 0 aromatic carbocycles. The number of fused-ring (bicyclic) bond motifs is 5. The lowest BCUT2D eigenvalue weighted by Crippen LogP contribution is -2.57. The van der Waals surface area contributed by atoms with Crippen LogP contribution in [0, 0.1) is 51.8 Å². The zero-order valence-corrected chi connectivity index (χ0v) is 20.2. The van der Waals surface area contributed by atoms with Gasteiger partial charge in [-0.2, -0.15) is 0 Å². The van der Waals surface area contributed by atoms with Crippen LogP contribution in [0.2, 0.25) is 0 Å². The topological polar surface area (TPSA) is 0 Å². The molecule has 4 aliphatic carbocycles. The van der Waals surface area contributed by atoms with Crippen LogP contribution in [0.5, 0.6) is 0 Å². The molecule has 4 saturated carbocycles. The fourth-order valence-electron chi connectivity index (χ4n) is 9.71. The van der Waals surface area contributed by atoms with Crippen molar-refractivity contribution in [1.82, 2.24) is 0 Å². The summed E-state index contributed by atoms with van der Waals surface area (Å²) in [7, 11) is 0. The van der Waals surface area contributed by atoms with Gasteiger partial charge in [-0.25, -0.2) is 0 Å². The molecule has 0 heterocycles. The molecule has 0 amide bonds. The summed E-state index contributed by atoms with van der Waals surface area (Å²) < 4.78 is 0. The van der Waals surface area contributed by atoms with Crippen LogP contribution >= 0.6 is 0 Å². The van der Waals surface area contributed by atoms with Crippen LogP contribution in [0.15, 0.2) is 0 Å². The van der Waals surface area contributed by atoms with Crippen LogP contribution in [0.4, 0.5) is 0 Å². The first kappa shape index (κ1) is 21.2. The highest BCUT2D eigenvalue weighted by molar-refractivity contribution is 5.14. The summed E-state index contributed by atoms with van der Waals surface area (Å²) in [6.45, 7) is 15.7. The van der Waals surface area contributed by atoms with E-state index in [1.807, 2.05) is 0 Å². The molecule has 4 aliphatic rings. The summed E-state index contributed by atoms with van der Waals surface area (Å²) in [5.74, 6) is 5.92. The lowest BCUT2D eigenvalue weighted by molar-refractivity contribution is -0.156. The minimum atomic E-state index is 0.614. The number of hydrogen-bond acceptors (Lipinski definition) is 0. The molecule has 0 aromatic rings. The maximum absolute atomic E-state index is 2.77. The monoisotopic (exact) mass is 386 g/mol. The zero-order chi connectivity index (χ0) is 20.2. The Morgan fingerprint density at radius 3 is 2.21 bits per heavy atom. The van der Waals surface area contributed by atoms with E-state index in [0.717, 1.165) is 35.5 Å². The molecule has 8 atom stereocenters. The molecule has 4 rings (SSSR count). The van der Waals surface area contributed by atoms with E-state index in [9.17, 15) is 0 Å². The third-order valence-electron chi connectivity index (χ3n) is 11.6. The Labute approximate surface area is 177 Å². The molecular formula is C28H50. The molecule has 0 saturated heterocycles. The van der Waals surface area contributed by atoms with E-state index in [1.54, 1.807) is 32.1 Å². The second kappa shape index (κ2) is 7.60. The molecule has 0 aliphatic heterocycles. The Hall–Kier alpha value is 0. The average Bonchev–Trinajstić information content (AvgIpc) is 2.92. The Kier molecular flexibility index (Phi) is 5.77. The molecule has 0 spiro atoms. The van der Waals surface area contributed by atoms with Gasteiger partial charge in [0.1, 0.15) is 0 Å². The second-order valence-electron chi connectivity index (χ2n) is 13.1. The highest BCUT2D eigenvalue weighted by Gasteiger charge is 2.65. The first-order valence-corrected chi connectivity index (χ1v) is 13.2. The predicted molar refractivity (Wildman–Crippen MR) is 122 cm³/mol. The van der Waals surface area contributed by atoms with Crippen molar-refractivity contribution in [2.75, 3.05) is 0 Å². The highest BCUT2D eigenvalue weighted by Crippen LogP contribution is 2.73. The minimum absolute atomic E-state index is 0.614. The lowest BCUT2D eigenvalue weighted by atomic mass is 9.40. The van der Waals surface area contributed by atoms with Crippen LogP contribution in [-0.4, -0.2) is 0 Å². The first-order valence-electron chi connectivity index (χ1n) is 13.2. The minimum Gasteiger partial charge on any atom is -0.0628 e. The molecular weight excluding hydrogens is 336 g/mol. The zero-order valence-electron chi connectivity index (χ0n) is 20.2. The lowest BCUT2D eigenvalue weighted by Gasteiger charge is -2.64. The van der Waals surface area contributed by atoms with Crippen molar-refractivity contribution < 1.29 is 0 Å². The van der Waals surface area contributed by atoms with Crippen LogP contribution in [-0.2, 0) is 0 Å². The first-order chi connectivity index (χ1) is 13.2. The van der Waals surface area contributed by atoms with Crippen molar-refractivity contribution in [3.8, 4) is 0 Å².